The fourth-order valence-electron chi connectivity index (χ4n) is 3.16. The van der Waals surface area contributed by atoms with E-state index in [-0.39, 0.29) is 6.61 Å². The smallest absolute Gasteiger partial charge is 0.155 e. The minimum atomic E-state index is 0.0359. The van der Waals surface area contributed by atoms with E-state index < -0.39 is 0 Å². The molecule has 3 aromatic rings. The lowest BCUT2D eigenvalue weighted by molar-refractivity contribution is 0.266. The summed E-state index contributed by atoms with van der Waals surface area (Å²) in [7, 11) is 1.66. The number of aromatic amines is 1. The van der Waals surface area contributed by atoms with E-state index in [2.05, 4.69) is 15.3 Å². The molecule has 0 amide bonds. The zero-order valence-electron chi connectivity index (χ0n) is 15.5. The maximum absolute atomic E-state index is 9.34. The molecule has 1 aromatic carbocycles. The number of benzene rings is 1. The number of nitrogens with one attached hydrogen (secondary N) is 1. The van der Waals surface area contributed by atoms with Crippen molar-refractivity contribution in [1.82, 2.24) is 25.0 Å². The minimum absolute atomic E-state index is 0.0359. The summed E-state index contributed by atoms with van der Waals surface area (Å²) in [5.41, 5.74) is 4.37. The summed E-state index contributed by atoms with van der Waals surface area (Å²) in [5.74, 6) is 2.44. The van der Waals surface area contributed by atoms with E-state index in [1.54, 1.807) is 11.8 Å². The van der Waals surface area contributed by atoms with Gasteiger partial charge in [0.25, 0.3) is 0 Å². The van der Waals surface area contributed by atoms with Crippen LogP contribution in [0.5, 0.6) is 5.75 Å². The van der Waals surface area contributed by atoms with E-state index in [0.717, 1.165) is 47.2 Å². The highest BCUT2D eigenvalue weighted by Crippen LogP contribution is 2.20. The Hall–Kier alpha value is -2.67. The lowest BCUT2D eigenvalue weighted by atomic mass is 10.1. The third-order valence-electron chi connectivity index (χ3n) is 4.52. The molecule has 0 spiro atoms. The highest BCUT2D eigenvalue weighted by molar-refractivity contribution is 5.35. The first kappa shape index (κ1) is 18.1. The van der Waals surface area contributed by atoms with Gasteiger partial charge < -0.3 is 9.84 Å². The first-order valence-electron chi connectivity index (χ1n) is 8.78. The Morgan fingerprint density at radius 2 is 2.00 bits per heavy atom. The van der Waals surface area contributed by atoms with Gasteiger partial charge in [-0.1, -0.05) is 18.2 Å². The van der Waals surface area contributed by atoms with Crippen LogP contribution in [0.1, 0.15) is 34.2 Å². The van der Waals surface area contributed by atoms with Crippen LogP contribution >= 0.6 is 0 Å². The molecule has 3 rings (SSSR count). The van der Waals surface area contributed by atoms with Crippen molar-refractivity contribution in [3.8, 4) is 5.75 Å². The van der Waals surface area contributed by atoms with Crippen LogP contribution in [0.25, 0.3) is 0 Å². The first-order valence-corrected chi connectivity index (χ1v) is 8.78. The molecule has 0 saturated heterocycles. The van der Waals surface area contributed by atoms with Crippen molar-refractivity contribution < 1.29 is 9.84 Å². The highest BCUT2D eigenvalue weighted by atomic mass is 16.5. The molecule has 26 heavy (non-hydrogen) atoms. The van der Waals surface area contributed by atoms with Gasteiger partial charge in [-0.2, -0.15) is 10.2 Å². The summed E-state index contributed by atoms with van der Waals surface area (Å²) < 4.78 is 7.21. The molecule has 0 fully saturated rings. The number of rotatable bonds is 8. The molecule has 0 aliphatic carbocycles. The summed E-state index contributed by atoms with van der Waals surface area (Å²) in [6, 6.07) is 7.88. The molecule has 2 heterocycles. The normalized spacial score (nSPS) is 11.1. The third kappa shape index (κ3) is 3.94. The molecule has 7 heteroatoms. The number of aromatic nitrogens is 5. The van der Waals surface area contributed by atoms with Crippen LogP contribution in [0.3, 0.4) is 0 Å². The zero-order chi connectivity index (χ0) is 18.5. The summed E-state index contributed by atoms with van der Waals surface area (Å²) in [6.07, 6.45) is 2.19. The standard InChI is InChI=1S/C19H25N5O2/c1-13-16(14(2)22-21-13)8-9-19-20-18(23-24(19)10-11-25)12-15-6-4-5-7-17(15)26-3/h4-7,25H,8-12H2,1-3H3,(H,21,22). The fraction of sp³-hybridized carbons (Fsp3) is 0.421. The topological polar surface area (TPSA) is 88.9 Å². The van der Waals surface area contributed by atoms with Gasteiger partial charge in [-0.3, -0.25) is 5.10 Å². The van der Waals surface area contributed by atoms with E-state index in [0.29, 0.717) is 13.0 Å². The Bertz CT molecular complexity index is 849. The van der Waals surface area contributed by atoms with Crippen LogP contribution in [0.15, 0.2) is 24.3 Å². The average Bonchev–Trinajstić information content (AvgIpc) is 3.17. The molecule has 0 saturated carbocycles. The van der Waals surface area contributed by atoms with Gasteiger partial charge in [0.05, 0.1) is 26.0 Å². The van der Waals surface area contributed by atoms with Gasteiger partial charge in [0, 0.05) is 24.1 Å². The summed E-state index contributed by atoms with van der Waals surface area (Å²) >= 11 is 0. The van der Waals surface area contributed by atoms with Gasteiger partial charge in [-0.15, -0.1) is 0 Å². The summed E-state index contributed by atoms with van der Waals surface area (Å²) in [5, 5.41) is 21.2. The molecule has 138 valence electrons. The number of hydrogen-bond acceptors (Lipinski definition) is 5. The van der Waals surface area contributed by atoms with Crippen molar-refractivity contribution in [2.45, 2.75) is 39.7 Å². The molecular formula is C19H25N5O2. The summed E-state index contributed by atoms with van der Waals surface area (Å²) in [4.78, 5) is 4.71. The number of ether oxygens (including phenoxy) is 1. The number of para-hydroxylation sites is 1. The van der Waals surface area contributed by atoms with Gasteiger partial charge in [0.2, 0.25) is 0 Å². The van der Waals surface area contributed by atoms with Crippen LogP contribution in [0.4, 0.5) is 0 Å². The predicted octanol–water partition coefficient (Wildman–Crippen LogP) is 1.99. The molecule has 0 aliphatic rings. The SMILES string of the molecule is COc1ccccc1Cc1nc(CCc2c(C)n[nH]c2C)n(CCO)n1. The maximum Gasteiger partial charge on any atom is 0.155 e. The quantitative estimate of drug-likeness (QED) is 0.645. The van der Waals surface area contributed by atoms with Crippen LogP contribution in [0, 0.1) is 13.8 Å². The number of aliphatic hydroxyl groups excluding tert-OH is 1. The third-order valence-corrected chi connectivity index (χ3v) is 4.52. The van der Waals surface area contributed by atoms with Crippen LogP contribution in [0.2, 0.25) is 0 Å². The predicted molar refractivity (Wildman–Crippen MR) is 98.4 cm³/mol. The van der Waals surface area contributed by atoms with Crippen molar-refractivity contribution in [3.63, 3.8) is 0 Å². The van der Waals surface area contributed by atoms with Gasteiger partial charge in [-0.25, -0.2) is 9.67 Å². The van der Waals surface area contributed by atoms with Crippen LogP contribution < -0.4 is 4.74 Å². The summed E-state index contributed by atoms with van der Waals surface area (Å²) in [6.45, 7) is 4.51. The molecule has 2 aromatic heterocycles. The second-order valence-electron chi connectivity index (χ2n) is 6.29. The Morgan fingerprint density at radius 1 is 1.19 bits per heavy atom. The van der Waals surface area contributed by atoms with E-state index >= 15 is 0 Å². The molecule has 0 bridgehead atoms. The molecule has 0 radical (unpaired) electrons. The van der Waals surface area contributed by atoms with Gasteiger partial charge in [0.1, 0.15) is 11.6 Å². The van der Waals surface area contributed by atoms with Crippen molar-refractivity contribution >= 4 is 0 Å². The molecule has 0 atom stereocenters. The largest absolute Gasteiger partial charge is 0.496 e. The van der Waals surface area contributed by atoms with Gasteiger partial charge in [-0.05, 0) is 31.9 Å². The van der Waals surface area contributed by atoms with Crippen molar-refractivity contribution in [2.75, 3.05) is 13.7 Å². The average molecular weight is 355 g/mol. The zero-order valence-corrected chi connectivity index (χ0v) is 15.5. The van der Waals surface area contributed by atoms with Crippen molar-refractivity contribution in [3.05, 3.63) is 58.4 Å². The van der Waals surface area contributed by atoms with Gasteiger partial charge in [0.15, 0.2) is 5.82 Å². The molecule has 0 aliphatic heterocycles. The Balaban J connectivity index is 1.79. The van der Waals surface area contributed by atoms with E-state index in [4.69, 9.17) is 9.72 Å². The van der Waals surface area contributed by atoms with Crippen molar-refractivity contribution in [1.29, 1.82) is 0 Å². The molecule has 7 nitrogen and oxygen atoms in total. The number of hydrogen-bond donors (Lipinski definition) is 2. The molecule has 2 N–H and O–H groups in total. The Morgan fingerprint density at radius 3 is 2.69 bits per heavy atom. The van der Waals surface area contributed by atoms with Gasteiger partial charge >= 0.3 is 0 Å². The minimum Gasteiger partial charge on any atom is -0.496 e. The van der Waals surface area contributed by atoms with E-state index in [9.17, 15) is 5.11 Å². The maximum atomic E-state index is 9.34. The lowest BCUT2D eigenvalue weighted by Crippen LogP contribution is -2.10. The van der Waals surface area contributed by atoms with E-state index in [1.165, 1.54) is 5.56 Å². The highest BCUT2D eigenvalue weighted by Gasteiger charge is 2.14. The van der Waals surface area contributed by atoms with E-state index in [1.807, 2.05) is 38.1 Å². The Labute approximate surface area is 153 Å². The monoisotopic (exact) mass is 355 g/mol. The number of nitrogens with zero attached hydrogens (tertiary/aromatic N) is 4. The number of H-pyrrole nitrogens is 1. The Kier molecular flexibility index (Phi) is 5.68. The molecule has 0 unspecified atom stereocenters. The fourth-order valence-corrected chi connectivity index (χ4v) is 3.16. The number of aryl methyl sites for hydroxylation is 3. The first-order chi connectivity index (χ1) is 12.6. The second kappa shape index (κ2) is 8.14. The van der Waals surface area contributed by atoms with Crippen molar-refractivity contribution in [2.24, 2.45) is 0 Å². The number of methoxy groups -OCH3 is 1. The van der Waals surface area contributed by atoms with Crippen LogP contribution in [-0.2, 0) is 25.8 Å². The van der Waals surface area contributed by atoms with Crippen LogP contribution in [-0.4, -0.2) is 43.8 Å². The molecular weight excluding hydrogens is 330 g/mol. The lowest BCUT2D eigenvalue weighted by Gasteiger charge is -2.05. The number of aliphatic hydroxyl groups is 1. The second-order valence-corrected chi connectivity index (χ2v) is 6.29.